The number of para-hydroxylation sites is 1. The van der Waals surface area contributed by atoms with Gasteiger partial charge in [-0.1, -0.05) is 32.0 Å². The number of amides is 1. The summed E-state index contributed by atoms with van der Waals surface area (Å²) in [6, 6.07) is 9.77. The van der Waals surface area contributed by atoms with Gasteiger partial charge in [-0.25, -0.2) is 0 Å². The molecule has 22 heavy (non-hydrogen) atoms. The average molecular weight is 315 g/mol. The van der Waals surface area contributed by atoms with Crippen molar-refractivity contribution in [1.82, 2.24) is 14.5 Å². The van der Waals surface area contributed by atoms with Crippen LogP contribution in [0.5, 0.6) is 0 Å². The summed E-state index contributed by atoms with van der Waals surface area (Å²) in [4.78, 5) is 17.9. The second-order valence-electron chi connectivity index (χ2n) is 6.31. The monoisotopic (exact) mass is 315 g/mol. The number of piperidine rings is 1. The van der Waals surface area contributed by atoms with E-state index in [1.165, 1.54) is 6.42 Å². The second-order valence-corrected chi connectivity index (χ2v) is 6.69. The normalized spacial score (nSPS) is 21.8. The van der Waals surface area contributed by atoms with Crippen molar-refractivity contribution in [2.75, 3.05) is 13.1 Å². The van der Waals surface area contributed by atoms with Gasteiger partial charge in [0.05, 0.1) is 0 Å². The first-order valence-corrected chi connectivity index (χ1v) is 8.12. The molecule has 0 saturated carbocycles. The van der Waals surface area contributed by atoms with E-state index < -0.39 is 0 Å². The molecule has 1 N–H and O–H groups in total. The largest absolute Gasteiger partial charge is 0.337 e. The van der Waals surface area contributed by atoms with Crippen molar-refractivity contribution in [3.05, 3.63) is 47.0 Å². The van der Waals surface area contributed by atoms with E-state index in [4.69, 9.17) is 12.2 Å². The van der Waals surface area contributed by atoms with Gasteiger partial charge in [0, 0.05) is 25.0 Å². The third-order valence-corrected chi connectivity index (χ3v) is 4.47. The lowest BCUT2D eigenvalue weighted by molar-refractivity contribution is 0.0615. The minimum atomic E-state index is 0.0506. The van der Waals surface area contributed by atoms with Crippen LogP contribution in [0.25, 0.3) is 5.69 Å². The van der Waals surface area contributed by atoms with Crippen molar-refractivity contribution in [3.8, 4) is 5.69 Å². The Morgan fingerprint density at radius 1 is 1.18 bits per heavy atom. The van der Waals surface area contributed by atoms with Crippen molar-refractivity contribution in [2.24, 2.45) is 11.8 Å². The first kappa shape index (κ1) is 15.0. The number of rotatable bonds is 2. The van der Waals surface area contributed by atoms with Gasteiger partial charge in [0.15, 0.2) is 4.77 Å². The Morgan fingerprint density at radius 3 is 2.45 bits per heavy atom. The van der Waals surface area contributed by atoms with Crippen LogP contribution in [0.4, 0.5) is 0 Å². The first-order chi connectivity index (χ1) is 10.6. The number of aromatic nitrogens is 2. The van der Waals surface area contributed by atoms with E-state index in [0.717, 1.165) is 18.8 Å². The van der Waals surface area contributed by atoms with Crippen LogP contribution in [-0.2, 0) is 0 Å². The molecule has 0 spiro atoms. The fraction of sp³-hybridized carbons (Fsp3) is 0.412. The van der Waals surface area contributed by atoms with Crippen LogP contribution in [0.3, 0.4) is 0 Å². The van der Waals surface area contributed by atoms with E-state index in [9.17, 15) is 4.79 Å². The lowest BCUT2D eigenvalue weighted by Crippen LogP contribution is -2.43. The van der Waals surface area contributed by atoms with E-state index >= 15 is 0 Å². The van der Waals surface area contributed by atoms with Gasteiger partial charge in [-0.05, 0) is 42.6 Å². The topological polar surface area (TPSA) is 41.0 Å². The molecule has 1 saturated heterocycles. The van der Waals surface area contributed by atoms with Gasteiger partial charge in [-0.2, -0.15) is 0 Å². The molecule has 2 aromatic rings. The number of hydrogen-bond acceptors (Lipinski definition) is 2. The van der Waals surface area contributed by atoms with Gasteiger partial charge in [-0.3, -0.25) is 9.36 Å². The molecule has 116 valence electrons. The Kier molecular flexibility index (Phi) is 4.16. The average Bonchev–Trinajstić information content (AvgIpc) is 2.88. The summed E-state index contributed by atoms with van der Waals surface area (Å²) in [6.45, 7) is 6.04. The maximum absolute atomic E-state index is 12.9. The molecule has 5 heteroatoms. The summed E-state index contributed by atoms with van der Waals surface area (Å²) in [5, 5.41) is 0. The minimum absolute atomic E-state index is 0.0506. The maximum Gasteiger partial charge on any atom is 0.272 e. The number of aromatic amines is 1. The molecule has 0 bridgehead atoms. The van der Waals surface area contributed by atoms with Crippen LogP contribution in [0.15, 0.2) is 36.5 Å². The highest BCUT2D eigenvalue weighted by Gasteiger charge is 2.28. The Balaban J connectivity index is 1.96. The summed E-state index contributed by atoms with van der Waals surface area (Å²) in [5.41, 5.74) is 1.52. The molecule has 1 fully saturated rings. The molecule has 1 amide bonds. The lowest BCUT2D eigenvalue weighted by Gasteiger charge is -2.35. The van der Waals surface area contributed by atoms with Crippen molar-refractivity contribution in [3.63, 3.8) is 0 Å². The highest BCUT2D eigenvalue weighted by atomic mass is 32.1. The number of likely N-dealkylation sites (tertiary alicyclic amines) is 1. The number of hydrogen-bond donors (Lipinski definition) is 1. The van der Waals surface area contributed by atoms with Gasteiger partial charge in [-0.15, -0.1) is 0 Å². The molecule has 1 aliphatic rings. The molecule has 2 unspecified atom stereocenters. The number of benzene rings is 1. The number of nitrogens with one attached hydrogen (secondary N) is 1. The predicted octanol–water partition coefficient (Wildman–Crippen LogP) is 3.65. The molecule has 0 radical (unpaired) electrons. The Morgan fingerprint density at radius 2 is 1.82 bits per heavy atom. The Labute approximate surface area is 135 Å². The summed E-state index contributed by atoms with van der Waals surface area (Å²) in [5.74, 6) is 1.13. The Bertz CT molecular complexity index is 709. The van der Waals surface area contributed by atoms with Crippen molar-refractivity contribution in [2.45, 2.75) is 20.3 Å². The number of nitrogens with zero attached hydrogens (tertiary/aromatic N) is 2. The number of carbonyl (C=O) groups is 1. The van der Waals surface area contributed by atoms with Gasteiger partial charge in [0.25, 0.3) is 5.91 Å². The third-order valence-electron chi connectivity index (χ3n) is 4.17. The van der Waals surface area contributed by atoms with Crippen LogP contribution < -0.4 is 0 Å². The van der Waals surface area contributed by atoms with Crippen molar-refractivity contribution >= 4 is 18.1 Å². The Hall–Kier alpha value is -1.88. The molecule has 2 atom stereocenters. The highest BCUT2D eigenvalue weighted by molar-refractivity contribution is 7.71. The summed E-state index contributed by atoms with van der Waals surface area (Å²) >= 11 is 5.36. The van der Waals surface area contributed by atoms with Crippen molar-refractivity contribution < 1.29 is 4.79 Å². The smallest absolute Gasteiger partial charge is 0.272 e. The minimum Gasteiger partial charge on any atom is -0.337 e. The van der Waals surface area contributed by atoms with E-state index in [1.54, 1.807) is 6.20 Å². The zero-order chi connectivity index (χ0) is 15.7. The van der Waals surface area contributed by atoms with E-state index in [2.05, 4.69) is 18.8 Å². The second kappa shape index (κ2) is 6.08. The van der Waals surface area contributed by atoms with Gasteiger partial charge < -0.3 is 9.88 Å². The summed E-state index contributed by atoms with van der Waals surface area (Å²) in [7, 11) is 0. The van der Waals surface area contributed by atoms with Crippen LogP contribution in [-0.4, -0.2) is 33.4 Å². The van der Waals surface area contributed by atoms with Gasteiger partial charge in [0.2, 0.25) is 0 Å². The van der Waals surface area contributed by atoms with Crippen molar-refractivity contribution in [1.29, 1.82) is 0 Å². The van der Waals surface area contributed by atoms with E-state index in [-0.39, 0.29) is 5.91 Å². The molecule has 4 nitrogen and oxygen atoms in total. The first-order valence-electron chi connectivity index (χ1n) is 7.71. The van der Waals surface area contributed by atoms with Crippen LogP contribution in [0, 0.1) is 16.6 Å². The SMILES string of the molecule is CC1CC(C)CN(C(=O)c2c[nH]c(=S)n2-c2ccccc2)C1. The maximum atomic E-state index is 12.9. The van der Waals surface area contributed by atoms with Gasteiger partial charge >= 0.3 is 0 Å². The molecule has 1 aromatic heterocycles. The third kappa shape index (κ3) is 2.86. The molecule has 1 aromatic carbocycles. The van der Waals surface area contributed by atoms with Crippen LogP contribution in [0.2, 0.25) is 0 Å². The summed E-state index contributed by atoms with van der Waals surface area (Å²) in [6.07, 6.45) is 2.91. The molecule has 0 aliphatic carbocycles. The fourth-order valence-corrected chi connectivity index (χ4v) is 3.61. The number of imidazole rings is 1. The molecular weight excluding hydrogens is 294 g/mol. The van der Waals surface area contributed by atoms with E-state index in [1.807, 2.05) is 39.8 Å². The highest BCUT2D eigenvalue weighted by Crippen LogP contribution is 2.23. The fourth-order valence-electron chi connectivity index (χ4n) is 3.35. The zero-order valence-electron chi connectivity index (χ0n) is 13.0. The standard InChI is InChI=1S/C17H21N3OS/c1-12-8-13(2)11-19(10-12)16(21)15-9-18-17(22)20(15)14-6-4-3-5-7-14/h3-7,9,12-13H,8,10-11H2,1-2H3,(H,18,22). The predicted molar refractivity (Wildman–Crippen MR) is 89.8 cm³/mol. The lowest BCUT2D eigenvalue weighted by atomic mass is 9.92. The number of H-pyrrole nitrogens is 1. The van der Waals surface area contributed by atoms with Crippen LogP contribution >= 0.6 is 12.2 Å². The van der Waals surface area contributed by atoms with Crippen LogP contribution in [0.1, 0.15) is 30.8 Å². The molecule has 3 rings (SSSR count). The molecule has 1 aliphatic heterocycles. The quantitative estimate of drug-likeness (QED) is 0.859. The van der Waals surface area contributed by atoms with E-state index in [0.29, 0.717) is 22.3 Å². The molecular formula is C17H21N3OS. The number of carbonyl (C=O) groups excluding carboxylic acids is 1. The zero-order valence-corrected chi connectivity index (χ0v) is 13.8. The molecule has 2 heterocycles. The van der Waals surface area contributed by atoms with Gasteiger partial charge in [0.1, 0.15) is 5.69 Å². The summed E-state index contributed by atoms with van der Waals surface area (Å²) < 4.78 is 2.37.